The first-order valence-corrected chi connectivity index (χ1v) is 6.96. The predicted octanol–water partition coefficient (Wildman–Crippen LogP) is 2.60. The van der Waals surface area contributed by atoms with Gasteiger partial charge in [0.25, 0.3) is 0 Å². The van der Waals surface area contributed by atoms with Crippen LogP contribution in [-0.4, -0.2) is 22.5 Å². The smallest absolute Gasteiger partial charge is 0.146 e. The van der Waals surface area contributed by atoms with Crippen LogP contribution in [0.5, 0.6) is 0 Å². The zero-order chi connectivity index (χ0) is 11.1. The van der Waals surface area contributed by atoms with Crippen molar-refractivity contribution in [2.45, 2.75) is 45.9 Å². The van der Waals surface area contributed by atoms with Crippen LogP contribution < -0.4 is 0 Å². The third-order valence-electron chi connectivity index (χ3n) is 3.35. The summed E-state index contributed by atoms with van der Waals surface area (Å²) in [6.45, 7) is 9.82. The number of hydrogen-bond acceptors (Lipinski definition) is 1. The van der Waals surface area contributed by atoms with Crippen LogP contribution >= 0.6 is 11.6 Å². The summed E-state index contributed by atoms with van der Waals surface area (Å²) < 4.78 is 5.28. The minimum absolute atomic E-state index is 0.192. The van der Waals surface area contributed by atoms with Crippen LogP contribution in [0.25, 0.3) is 0 Å². The molecule has 0 radical (unpaired) electrons. The van der Waals surface area contributed by atoms with Crippen molar-refractivity contribution in [2.75, 3.05) is 6.61 Å². The van der Waals surface area contributed by atoms with Gasteiger partial charge in [0, 0.05) is 6.61 Å². The Morgan fingerprint density at radius 2 is 1.57 bits per heavy atom. The standard InChI is InChI=1S/C11H25ClOSi/c1-5-8(3)11(9(4)6-2)10(12)7-13-14/h8-11H,5-7H2,1-4,14H3. The predicted molar refractivity (Wildman–Crippen MR) is 67.9 cm³/mol. The largest absolute Gasteiger partial charge is 0.426 e. The summed E-state index contributed by atoms with van der Waals surface area (Å²) in [7, 11) is 0.793. The van der Waals surface area contributed by atoms with E-state index in [1.165, 1.54) is 12.8 Å². The molecule has 0 aliphatic heterocycles. The van der Waals surface area contributed by atoms with Crippen molar-refractivity contribution in [1.82, 2.24) is 0 Å². The van der Waals surface area contributed by atoms with Crippen molar-refractivity contribution in [3.8, 4) is 0 Å². The van der Waals surface area contributed by atoms with Gasteiger partial charge in [0.2, 0.25) is 0 Å². The van der Waals surface area contributed by atoms with Gasteiger partial charge in [-0.05, 0) is 17.8 Å². The Labute approximate surface area is 97.1 Å². The van der Waals surface area contributed by atoms with Gasteiger partial charge in [-0.15, -0.1) is 11.6 Å². The van der Waals surface area contributed by atoms with E-state index in [4.69, 9.17) is 16.0 Å². The van der Waals surface area contributed by atoms with Crippen LogP contribution in [0.15, 0.2) is 0 Å². The Morgan fingerprint density at radius 3 is 1.86 bits per heavy atom. The Bertz CT molecular complexity index is 133. The lowest BCUT2D eigenvalue weighted by molar-refractivity contribution is 0.195. The van der Waals surface area contributed by atoms with Crippen LogP contribution in [-0.2, 0) is 4.43 Å². The molecule has 86 valence electrons. The van der Waals surface area contributed by atoms with Gasteiger partial charge >= 0.3 is 0 Å². The van der Waals surface area contributed by atoms with Crippen molar-refractivity contribution in [3.63, 3.8) is 0 Å². The summed E-state index contributed by atoms with van der Waals surface area (Å²) in [6, 6.07) is 0. The molecule has 0 spiro atoms. The third-order valence-corrected chi connectivity index (χ3v) is 4.10. The summed E-state index contributed by atoms with van der Waals surface area (Å²) >= 11 is 6.39. The molecule has 3 unspecified atom stereocenters. The Kier molecular flexibility index (Phi) is 7.98. The number of alkyl halides is 1. The number of hydrogen-bond donors (Lipinski definition) is 0. The van der Waals surface area contributed by atoms with Gasteiger partial charge in [0.15, 0.2) is 0 Å². The van der Waals surface area contributed by atoms with E-state index < -0.39 is 0 Å². The monoisotopic (exact) mass is 236 g/mol. The fourth-order valence-electron chi connectivity index (χ4n) is 2.09. The van der Waals surface area contributed by atoms with E-state index >= 15 is 0 Å². The Morgan fingerprint density at radius 1 is 1.14 bits per heavy atom. The molecule has 0 heterocycles. The van der Waals surface area contributed by atoms with E-state index in [1.807, 2.05) is 0 Å². The quantitative estimate of drug-likeness (QED) is 0.488. The fourth-order valence-corrected chi connectivity index (χ4v) is 3.28. The molecule has 0 aromatic heterocycles. The first-order chi connectivity index (χ1) is 6.58. The molecule has 3 heteroatoms. The topological polar surface area (TPSA) is 9.23 Å². The molecular formula is C11H25ClOSi. The fraction of sp³-hybridized carbons (Fsp3) is 1.00. The summed E-state index contributed by atoms with van der Waals surface area (Å²) in [5.41, 5.74) is 0. The van der Waals surface area contributed by atoms with Gasteiger partial charge in [-0.25, -0.2) is 0 Å². The first kappa shape index (κ1) is 14.5. The molecule has 0 aromatic rings. The van der Waals surface area contributed by atoms with Crippen LogP contribution in [0.4, 0.5) is 0 Å². The molecule has 0 N–H and O–H groups in total. The maximum absolute atomic E-state index is 6.39. The Hall–Kier alpha value is 0.467. The second kappa shape index (κ2) is 7.72. The minimum atomic E-state index is 0.192. The normalized spacial score (nSPS) is 20.4. The highest BCUT2D eigenvalue weighted by molar-refractivity contribution is 6.21. The van der Waals surface area contributed by atoms with E-state index in [9.17, 15) is 0 Å². The van der Waals surface area contributed by atoms with E-state index in [2.05, 4.69) is 27.7 Å². The minimum Gasteiger partial charge on any atom is -0.426 e. The molecule has 0 aliphatic rings. The lowest BCUT2D eigenvalue weighted by Gasteiger charge is -2.32. The van der Waals surface area contributed by atoms with E-state index in [0.29, 0.717) is 17.8 Å². The van der Waals surface area contributed by atoms with E-state index in [1.54, 1.807) is 0 Å². The highest BCUT2D eigenvalue weighted by Gasteiger charge is 2.28. The zero-order valence-corrected chi connectivity index (χ0v) is 13.0. The van der Waals surface area contributed by atoms with Gasteiger partial charge < -0.3 is 4.43 Å². The van der Waals surface area contributed by atoms with Crippen LogP contribution in [0.2, 0.25) is 0 Å². The summed E-state index contributed by atoms with van der Waals surface area (Å²) in [5, 5.41) is 0.192. The Balaban J connectivity index is 4.36. The van der Waals surface area contributed by atoms with Crippen LogP contribution in [0, 0.1) is 17.8 Å². The molecule has 0 rings (SSSR count). The van der Waals surface area contributed by atoms with Gasteiger partial charge in [0.05, 0.1) is 5.38 Å². The lowest BCUT2D eigenvalue weighted by atomic mass is 9.78. The van der Waals surface area contributed by atoms with Gasteiger partial charge in [-0.1, -0.05) is 40.5 Å². The van der Waals surface area contributed by atoms with Crippen LogP contribution in [0.3, 0.4) is 0 Å². The van der Waals surface area contributed by atoms with Gasteiger partial charge in [-0.3, -0.25) is 0 Å². The second-order valence-corrected chi connectivity index (χ2v) is 5.46. The van der Waals surface area contributed by atoms with Crippen molar-refractivity contribution < 1.29 is 4.43 Å². The average Bonchev–Trinajstić information content (AvgIpc) is 2.17. The van der Waals surface area contributed by atoms with Gasteiger partial charge in [0.1, 0.15) is 10.5 Å². The molecule has 0 aliphatic carbocycles. The molecule has 0 saturated carbocycles. The zero-order valence-electron chi connectivity index (χ0n) is 10.2. The molecule has 0 fully saturated rings. The summed E-state index contributed by atoms with van der Waals surface area (Å²) in [5.74, 6) is 1.99. The summed E-state index contributed by atoms with van der Waals surface area (Å²) in [6.07, 6.45) is 2.42. The highest BCUT2D eigenvalue weighted by Crippen LogP contribution is 2.31. The molecule has 0 saturated heterocycles. The number of halogens is 1. The molecule has 14 heavy (non-hydrogen) atoms. The molecule has 0 amide bonds. The average molecular weight is 237 g/mol. The van der Waals surface area contributed by atoms with Gasteiger partial charge in [-0.2, -0.15) is 0 Å². The summed E-state index contributed by atoms with van der Waals surface area (Å²) in [4.78, 5) is 0. The second-order valence-electron chi connectivity index (χ2n) is 4.32. The maximum atomic E-state index is 6.39. The SMILES string of the molecule is CCC(C)C(C(C)CC)C(Cl)CO[SiH3]. The van der Waals surface area contributed by atoms with Crippen molar-refractivity contribution >= 4 is 22.1 Å². The maximum Gasteiger partial charge on any atom is 0.146 e. The molecular weight excluding hydrogens is 212 g/mol. The lowest BCUT2D eigenvalue weighted by Crippen LogP contribution is -2.31. The van der Waals surface area contributed by atoms with E-state index in [0.717, 1.165) is 17.1 Å². The first-order valence-electron chi connectivity index (χ1n) is 5.71. The van der Waals surface area contributed by atoms with Crippen molar-refractivity contribution in [1.29, 1.82) is 0 Å². The molecule has 0 bridgehead atoms. The van der Waals surface area contributed by atoms with Crippen molar-refractivity contribution in [2.24, 2.45) is 17.8 Å². The highest BCUT2D eigenvalue weighted by atomic mass is 35.5. The van der Waals surface area contributed by atoms with Crippen molar-refractivity contribution in [3.05, 3.63) is 0 Å². The number of rotatable bonds is 7. The van der Waals surface area contributed by atoms with Crippen LogP contribution in [0.1, 0.15) is 40.5 Å². The van der Waals surface area contributed by atoms with E-state index in [-0.39, 0.29) is 5.38 Å². The molecule has 3 atom stereocenters. The molecule has 0 aromatic carbocycles. The molecule has 1 nitrogen and oxygen atoms in total. The third kappa shape index (κ3) is 4.33.